The summed E-state index contributed by atoms with van der Waals surface area (Å²) in [6.45, 7) is 6.97. The van der Waals surface area contributed by atoms with Crippen molar-refractivity contribution in [1.29, 1.82) is 0 Å². The minimum Gasteiger partial charge on any atom is -0.0654 e. The predicted molar refractivity (Wildman–Crippen MR) is 78.3 cm³/mol. The zero-order valence-electron chi connectivity index (χ0n) is 12.5. The van der Waals surface area contributed by atoms with E-state index in [1.165, 1.54) is 57.8 Å². The van der Waals surface area contributed by atoms with Crippen LogP contribution in [0.4, 0.5) is 0 Å². The van der Waals surface area contributed by atoms with E-state index in [0.29, 0.717) is 0 Å². The molecule has 0 heterocycles. The average molecular weight is 238 g/mol. The van der Waals surface area contributed by atoms with Crippen LogP contribution in [-0.2, 0) is 0 Å². The molecule has 1 rings (SSSR count). The molecule has 1 unspecified atom stereocenters. The molecule has 0 aromatic carbocycles. The van der Waals surface area contributed by atoms with E-state index in [-0.39, 0.29) is 0 Å². The largest absolute Gasteiger partial charge is 0.0654 e. The van der Waals surface area contributed by atoms with Crippen LogP contribution in [0.3, 0.4) is 0 Å². The summed E-state index contributed by atoms with van der Waals surface area (Å²) in [7, 11) is 0. The van der Waals surface area contributed by atoms with Crippen LogP contribution in [-0.4, -0.2) is 0 Å². The second-order valence-electron chi connectivity index (χ2n) is 6.13. The number of unbranched alkanes of at least 4 members (excludes halogenated alkanes) is 5. The molecular weight excluding hydrogens is 204 g/mol. The molecule has 1 aliphatic rings. The van der Waals surface area contributed by atoms with Crippen molar-refractivity contribution in [2.75, 3.05) is 0 Å². The van der Waals surface area contributed by atoms with E-state index in [1.54, 1.807) is 12.8 Å². The monoisotopic (exact) mass is 238 g/mol. The zero-order chi connectivity index (χ0) is 12.5. The Balaban J connectivity index is 2.17. The molecule has 0 saturated heterocycles. The summed E-state index contributed by atoms with van der Waals surface area (Å²) in [5.41, 5.74) is 0. The van der Waals surface area contributed by atoms with Crippen molar-refractivity contribution >= 4 is 0 Å². The summed E-state index contributed by atoms with van der Waals surface area (Å²) in [6, 6.07) is 0. The zero-order valence-corrected chi connectivity index (χ0v) is 12.5. The minimum atomic E-state index is 1.13. The fourth-order valence-electron chi connectivity index (χ4n) is 3.51. The summed E-state index contributed by atoms with van der Waals surface area (Å²) in [5.74, 6) is 3.39. The summed E-state index contributed by atoms with van der Waals surface area (Å²) in [6.07, 6.45) is 16.1. The van der Waals surface area contributed by atoms with E-state index in [4.69, 9.17) is 0 Å². The second-order valence-corrected chi connectivity index (χ2v) is 6.13. The summed E-state index contributed by atoms with van der Waals surface area (Å²) >= 11 is 0. The average Bonchev–Trinajstić information content (AvgIpc) is 3.00. The third kappa shape index (κ3) is 5.44. The van der Waals surface area contributed by atoms with Gasteiger partial charge in [0.15, 0.2) is 0 Å². The highest BCUT2D eigenvalue weighted by Gasteiger charge is 2.47. The molecule has 0 aliphatic heterocycles. The fourth-order valence-corrected chi connectivity index (χ4v) is 3.51. The van der Waals surface area contributed by atoms with E-state index in [9.17, 15) is 0 Å². The topological polar surface area (TPSA) is 0 Å². The van der Waals surface area contributed by atoms with E-state index in [0.717, 1.165) is 17.8 Å². The van der Waals surface area contributed by atoms with Gasteiger partial charge in [-0.25, -0.2) is 0 Å². The molecule has 0 heteroatoms. The first-order valence-corrected chi connectivity index (χ1v) is 8.35. The quantitative estimate of drug-likeness (QED) is 0.376. The van der Waals surface area contributed by atoms with E-state index < -0.39 is 0 Å². The Morgan fingerprint density at radius 1 is 0.471 bits per heavy atom. The molecule has 0 aromatic rings. The predicted octanol–water partition coefficient (Wildman–Crippen LogP) is 6.20. The lowest BCUT2D eigenvalue weighted by atomic mass is 10.1. The molecule has 0 radical (unpaired) electrons. The molecule has 1 aliphatic carbocycles. The van der Waals surface area contributed by atoms with Crippen molar-refractivity contribution in [3.8, 4) is 0 Å². The van der Waals surface area contributed by atoms with E-state index in [1.807, 2.05) is 0 Å². The molecule has 1 saturated carbocycles. The van der Waals surface area contributed by atoms with Crippen LogP contribution in [0.15, 0.2) is 0 Å². The Bertz CT molecular complexity index is 157. The Morgan fingerprint density at radius 3 is 1.18 bits per heavy atom. The van der Waals surface area contributed by atoms with Crippen molar-refractivity contribution < 1.29 is 0 Å². The minimum absolute atomic E-state index is 1.13. The molecule has 102 valence electrons. The molecular formula is C17H34. The van der Waals surface area contributed by atoms with Crippen LogP contribution >= 0.6 is 0 Å². The van der Waals surface area contributed by atoms with Gasteiger partial charge in [-0.2, -0.15) is 0 Å². The van der Waals surface area contributed by atoms with Gasteiger partial charge in [0.2, 0.25) is 0 Å². The highest BCUT2D eigenvalue weighted by Crippen LogP contribution is 2.54. The Hall–Kier alpha value is 0. The van der Waals surface area contributed by atoms with Crippen molar-refractivity contribution in [3.05, 3.63) is 0 Å². The maximum absolute atomic E-state index is 2.33. The van der Waals surface area contributed by atoms with Crippen LogP contribution in [0, 0.1) is 17.8 Å². The third-order valence-electron chi connectivity index (χ3n) is 4.68. The highest BCUT2D eigenvalue weighted by atomic mass is 14.5. The maximum atomic E-state index is 2.33. The van der Waals surface area contributed by atoms with E-state index in [2.05, 4.69) is 20.8 Å². The Morgan fingerprint density at radius 2 is 0.824 bits per heavy atom. The van der Waals surface area contributed by atoms with Crippen molar-refractivity contribution in [3.63, 3.8) is 0 Å². The highest BCUT2D eigenvalue weighted by molar-refractivity contribution is 4.96. The molecule has 3 atom stereocenters. The van der Waals surface area contributed by atoms with Crippen LogP contribution < -0.4 is 0 Å². The Labute approximate surface area is 110 Å². The lowest BCUT2D eigenvalue weighted by Gasteiger charge is -1.99. The summed E-state index contributed by atoms with van der Waals surface area (Å²) in [5, 5.41) is 0. The normalized spacial score (nSPS) is 27.4. The van der Waals surface area contributed by atoms with E-state index >= 15 is 0 Å². The van der Waals surface area contributed by atoms with Gasteiger partial charge < -0.3 is 0 Å². The molecule has 0 aromatic heterocycles. The fraction of sp³-hybridized carbons (Fsp3) is 1.00. The van der Waals surface area contributed by atoms with Gasteiger partial charge >= 0.3 is 0 Å². The maximum Gasteiger partial charge on any atom is -0.0352 e. The first-order chi connectivity index (χ1) is 8.35. The molecule has 17 heavy (non-hydrogen) atoms. The Kier molecular flexibility index (Phi) is 7.97. The summed E-state index contributed by atoms with van der Waals surface area (Å²) in [4.78, 5) is 0. The van der Waals surface area contributed by atoms with Crippen LogP contribution in [0.5, 0.6) is 0 Å². The molecule has 0 bridgehead atoms. The van der Waals surface area contributed by atoms with Crippen LogP contribution in [0.2, 0.25) is 0 Å². The van der Waals surface area contributed by atoms with Gasteiger partial charge in [0.05, 0.1) is 0 Å². The standard InChI is InChI=1S/C17H34/c1-4-7-10-13-16-15(12-9-6-3)17(16)14-11-8-5-2/h15-17H,4-14H2,1-3H3/t15?,16-,17+. The van der Waals surface area contributed by atoms with Gasteiger partial charge in [-0.15, -0.1) is 0 Å². The number of hydrogen-bond acceptors (Lipinski definition) is 0. The number of rotatable bonds is 11. The second kappa shape index (κ2) is 9.00. The smallest absolute Gasteiger partial charge is 0.0352 e. The number of hydrogen-bond donors (Lipinski definition) is 0. The van der Waals surface area contributed by atoms with Gasteiger partial charge in [0, 0.05) is 0 Å². The first kappa shape index (κ1) is 15.1. The third-order valence-corrected chi connectivity index (χ3v) is 4.68. The van der Waals surface area contributed by atoms with Crippen LogP contribution in [0.25, 0.3) is 0 Å². The lowest BCUT2D eigenvalue weighted by molar-refractivity contribution is 0.540. The molecule has 0 nitrogen and oxygen atoms in total. The van der Waals surface area contributed by atoms with Crippen molar-refractivity contribution in [2.24, 2.45) is 17.8 Å². The molecule has 1 fully saturated rings. The van der Waals surface area contributed by atoms with Crippen molar-refractivity contribution in [1.82, 2.24) is 0 Å². The molecule has 0 amide bonds. The van der Waals surface area contributed by atoms with Crippen molar-refractivity contribution in [2.45, 2.75) is 91.4 Å². The van der Waals surface area contributed by atoms with Gasteiger partial charge in [-0.3, -0.25) is 0 Å². The van der Waals surface area contributed by atoms with Gasteiger partial charge in [0.25, 0.3) is 0 Å². The molecule has 0 N–H and O–H groups in total. The van der Waals surface area contributed by atoms with Crippen LogP contribution in [0.1, 0.15) is 91.4 Å². The lowest BCUT2D eigenvalue weighted by Crippen LogP contribution is -1.85. The first-order valence-electron chi connectivity index (χ1n) is 8.35. The molecule has 0 spiro atoms. The SMILES string of the molecule is CCCCC[C@@H]1C(CCCC)[C@@H]1CCCCC. The van der Waals surface area contributed by atoms with Gasteiger partial charge in [-0.1, -0.05) is 72.1 Å². The van der Waals surface area contributed by atoms with Gasteiger partial charge in [-0.05, 0) is 37.0 Å². The summed E-state index contributed by atoms with van der Waals surface area (Å²) < 4.78 is 0. The van der Waals surface area contributed by atoms with Gasteiger partial charge in [0.1, 0.15) is 0 Å².